The van der Waals surface area contributed by atoms with Gasteiger partial charge in [0.25, 0.3) is 0 Å². The second-order valence-electron chi connectivity index (χ2n) is 6.21. The lowest BCUT2D eigenvalue weighted by Crippen LogP contribution is -2.21. The van der Waals surface area contributed by atoms with Crippen molar-refractivity contribution >= 4 is 34.0 Å². The largest absolute Gasteiger partial charge is 0.326 e. The first-order chi connectivity index (χ1) is 13.1. The van der Waals surface area contributed by atoms with Crippen LogP contribution in [0.5, 0.6) is 0 Å². The quantitative estimate of drug-likeness (QED) is 0.514. The predicted octanol–water partition coefficient (Wildman–Crippen LogP) is 4.10. The number of hydrogen-bond acceptors (Lipinski definition) is 3. The van der Waals surface area contributed by atoms with Crippen LogP contribution in [-0.4, -0.2) is 17.5 Å². The first-order valence-corrected chi connectivity index (χ1v) is 8.79. The molecule has 0 aliphatic heterocycles. The predicted molar refractivity (Wildman–Crippen MR) is 109 cm³/mol. The highest BCUT2D eigenvalue weighted by atomic mass is 16.2. The van der Waals surface area contributed by atoms with Gasteiger partial charge in [-0.3, -0.25) is 9.59 Å². The number of para-hydroxylation sites is 1. The van der Waals surface area contributed by atoms with Gasteiger partial charge in [0.15, 0.2) is 0 Å². The molecular formula is C22H21N3O2. The molecule has 0 saturated carbocycles. The van der Waals surface area contributed by atoms with Crippen molar-refractivity contribution in [3.63, 3.8) is 0 Å². The summed E-state index contributed by atoms with van der Waals surface area (Å²) in [6.07, 6.45) is 0.179. The van der Waals surface area contributed by atoms with Crippen LogP contribution in [0.15, 0.2) is 77.9 Å². The third kappa shape index (κ3) is 5.25. The molecule has 2 amide bonds. The molecule has 3 rings (SSSR count). The molecule has 136 valence electrons. The summed E-state index contributed by atoms with van der Waals surface area (Å²) < 4.78 is 0. The molecule has 5 nitrogen and oxygen atoms in total. The zero-order valence-electron chi connectivity index (χ0n) is 15.1. The van der Waals surface area contributed by atoms with Gasteiger partial charge < -0.3 is 5.32 Å². The molecule has 3 aromatic rings. The summed E-state index contributed by atoms with van der Waals surface area (Å²) in [7, 11) is 0. The van der Waals surface area contributed by atoms with E-state index in [9.17, 15) is 9.59 Å². The van der Waals surface area contributed by atoms with Gasteiger partial charge in [-0.15, -0.1) is 0 Å². The number of amides is 2. The number of carbonyl (C=O) groups is 2. The lowest BCUT2D eigenvalue weighted by atomic mass is 10.0. The third-order valence-corrected chi connectivity index (χ3v) is 4.15. The van der Waals surface area contributed by atoms with Crippen LogP contribution < -0.4 is 10.7 Å². The van der Waals surface area contributed by atoms with Gasteiger partial charge in [-0.1, -0.05) is 54.6 Å². The molecule has 0 spiro atoms. The Morgan fingerprint density at radius 2 is 1.48 bits per heavy atom. The fourth-order valence-corrected chi connectivity index (χ4v) is 2.65. The maximum absolute atomic E-state index is 11.9. The highest BCUT2D eigenvalue weighted by Crippen LogP contribution is 2.16. The van der Waals surface area contributed by atoms with Gasteiger partial charge in [0.1, 0.15) is 0 Å². The Labute approximate surface area is 158 Å². The number of nitrogens with one attached hydrogen (secondary N) is 2. The number of rotatable bonds is 6. The van der Waals surface area contributed by atoms with Crippen LogP contribution in [0.1, 0.15) is 25.3 Å². The number of hydrazone groups is 1. The van der Waals surface area contributed by atoms with E-state index < -0.39 is 0 Å². The molecule has 27 heavy (non-hydrogen) atoms. The standard InChI is InChI=1S/C22H21N3O2/c1-16(18-12-11-17-7-5-6-8-19(17)15-18)24-25-22(27)14-13-21(26)23-20-9-3-2-4-10-20/h2-12,15H,13-14H2,1H3,(H,23,26)(H,25,27)/b24-16-. The molecule has 3 aromatic carbocycles. The van der Waals surface area contributed by atoms with Gasteiger partial charge in [-0.05, 0) is 41.5 Å². The van der Waals surface area contributed by atoms with Crippen LogP contribution in [0.25, 0.3) is 10.8 Å². The Balaban J connectivity index is 1.51. The molecule has 0 atom stereocenters. The first kappa shape index (κ1) is 18.3. The van der Waals surface area contributed by atoms with E-state index in [0.29, 0.717) is 11.4 Å². The van der Waals surface area contributed by atoms with Crippen molar-refractivity contribution < 1.29 is 9.59 Å². The summed E-state index contributed by atoms with van der Waals surface area (Å²) in [6, 6.07) is 23.3. The second kappa shape index (κ2) is 8.76. The molecule has 0 aliphatic rings. The summed E-state index contributed by atoms with van der Waals surface area (Å²) in [5.41, 5.74) is 4.88. The van der Waals surface area contributed by atoms with Crippen molar-refractivity contribution in [3.05, 3.63) is 78.4 Å². The molecule has 0 fully saturated rings. The van der Waals surface area contributed by atoms with E-state index in [1.807, 2.05) is 67.6 Å². The smallest absolute Gasteiger partial charge is 0.240 e. The summed E-state index contributed by atoms with van der Waals surface area (Å²) in [5.74, 6) is -0.495. The monoisotopic (exact) mass is 359 g/mol. The van der Waals surface area contributed by atoms with Crippen LogP contribution in [0.3, 0.4) is 0 Å². The maximum atomic E-state index is 11.9. The first-order valence-electron chi connectivity index (χ1n) is 8.79. The summed E-state index contributed by atoms with van der Waals surface area (Å²) in [6.45, 7) is 1.84. The van der Waals surface area contributed by atoms with E-state index in [2.05, 4.69) is 15.8 Å². The van der Waals surface area contributed by atoms with Gasteiger partial charge in [-0.25, -0.2) is 5.43 Å². The zero-order chi connectivity index (χ0) is 19.1. The molecule has 0 saturated heterocycles. The minimum atomic E-state index is -0.293. The van der Waals surface area contributed by atoms with Crippen LogP contribution in [0, 0.1) is 0 Å². The number of fused-ring (bicyclic) bond motifs is 1. The number of carbonyl (C=O) groups excluding carboxylic acids is 2. The Bertz CT molecular complexity index is 981. The minimum absolute atomic E-state index is 0.0766. The molecule has 0 heterocycles. The van der Waals surface area contributed by atoms with Gasteiger partial charge in [0, 0.05) is 18.5 Å². The lowest BCUT2D eigenvalue weighted by molar-refractivity contribution is -0.124. The van der Waals surface area contributed by atoms with E-state index >= 15 is 0 Å². The van der Waals surface area contributed by atoms with Crippen molar-refractivity contribution in [1.29, 1.82) is 0 Å². The second-order valence-corrected chi connectivity index (χ2v) is 6.21. The van der Waals surface area contributed by atoms with Gasteiger partial charge in [-0.2, -0.15) is 5.10 Å². The van der Waals surface area contributed by atoms with Gasteiger partial charge in [0.2, 0.25) is 11.8 Å². The van der Waals surface area contributed by atoms with E-state index in [-0.39, 0.29) is 24.7 Å². The Morgan fingerprint density at radius 3 is 2.26 bits per heavy atom. The highest BCUT2D eigenvalue weighted by molar-refractivity contribution is 6.02. The zero-order valence-corrected chi connectivity index (χ0v) is 15.1. The van der Waals surface area contributed by atoms with Crippen molar-refractivity contribution in [3.8, 4) is 0 Å². The number of hydrogen-bond donors (Lipinski definition) is 2. The molecule has 5 heteroatoms. The SMILES string of the molecule is C/C(=N/NC(=O)CCC(=O)Nc1ccccc1)c1ccc2ccccc2c1. The van der Waals surface area contributed by atoms with Crippen LogP contribution in [-0.2, 0) is 9.59 Å². The summed E-state index contributed by atoms with van der Waals surface area (Å²) in [5, 5.41) is 9.17. The molecule has 2 N–H and O–H groups in total. The Hall–Kier alpha value is -3.47. The van der Waals surface area contributed by atoms with Crippen molar-refractivity contribution in [2.24, 2.45) is 5.10 Å². The normalized spacial score (nSPS) is 11.2. The topological polar surface area (TPSA) is 70.6 Å². The van der Waals surface area contributed by atoms with Crippen LogP contribution >= 0.6 is 0 Å². The Kier molecular flexibility index (Phi) is 5.94. The van der Waals surface area contributed by atoms with Gasteiger partial charge in [0.05, 0.1) is 5.71 Å². The van der Waals surface area contributed by atoms with E-state index in [0.717, 1.165) is 16.3 Å². The van der Waals surface area contributed by atoms with E-state index in [1.54, 1.807) is 12.1 Å². The fraction of sp³-hybridized carbons (Fsp3) is 0.136. The molecule has 0 aromatic heterocycles. The van der Waals surface area contributed by atoms with E-state index in [4.69, 9.17) is 0 Å². The Morgan fingerprint density at radius 1 is 0.815 bits per heavy atom. The number of anilines is 1. The van der Waals surface area contributed by atoms with Crippen molar-refractivity contribution in [2.75, 3.05) is 5.32 Å². The highest BCUT2D eigenvalue weighted by Gasteiger charge is 2.07. The average molecular weight is 359 g/mol. The maximum Gasteiger partial charge on any atom is 0.240 e. The number of nitrogens with zero attached hydrogens (tertiary/aromatic N) is 1. The summed E-state index contributed by atoms with van der Waals surface area (Å²) >= 11 is 0. The molecule has 0 radical (unpaired) electrons. The molecule has 0 unspecified atom stereocenters. The lowest BCUT2D eigenvalue weighted by Gasteiger charge is -2.06. The fourth-order valence-electron chi connectivity index (χ4n) is 2.65. The summed E-state index contributed by atoms with van der Waals surface area (Å²) in [4.78, 5) is 23.8. The van der Waals surface area contributed by atoms with E-state index in [1.165, 1.54) is 0 Å². The van der Waals surface area contributed by atoms with Crippen molar-refractivity contribution in [1.82, 2.24) is 5.43 Å². The minimum Gasteiger partial charge on any atom is -0.326 e. The molecular weight excluding hydrogens is 338 g/mol. The van der Waals surface area contributed by atoms with Crippen LogP contribution in [0.4, 0.5) is 5.69 Å². The average Bonchev–Trinajstić information content (AvgIpc) is 2.71. The van der Waals surface area contributed by atoms with Crippen molar-refractivity contribution in [2.45, 2.75) is 19.8 Å². The number of benzene rings is 3. The molecule has 0 aliphatic carbocycles. The third-order valence-electron chi connectivity index (χ3n) is 4.15. The van der Waals surface area contributed by atoms with Gasteiger partial charge >= 0.3 is 0 Å². The molecule has 0 bridgehead atoms. The van der Waals surface area contributed by atoms with Crippen LogP contribution in [0.2, 0.25) is 0 Å².